The molecule has 0 bridgehead atoms. The van der Waals surface area contributed by atoms with E-state index in [-0.39, 0.29) is 5.56 Å². The van der Waals surface area contributed by atoms with E-state index in [0.29, 0.717) is 16.7 Å². The van der Waals surface area contributed by atoms with Gasteiger partial charge < -0.3 is 4.74 Å². The highest BCUT2D eigenvalue weighted by Crippen LogP contribution is 2.18. The second-order valence-electron chi connectivity index (χ2n) is 6.21. The van der Waals surface area contributed by atoms with Crippen LogP contribution >= 0.6 is 22.6 Å². The molecule has 4 rings (SSSR count). The van der Waals surface area contributed by atoms with Crippen molar-refractivity contribution in [1.82, 2.24) is 9.55 Å². The van der Waals surface area contributed by atoms with Crippen molar-refractivity contribution in [3.05, 3.63) is 98.1 Å². The topological polar surface area (TPSA) is 44.1 Å². The molecule has 0 unspecified atom stereocenters. The number of hydrogen-bond acceptors (Lipinski definition) is 3. The zero-order valence-electron chi connectivity index (χ0n) is 15.2. The average Bonchev–Trinajstić information content (AvgIpc) is 2.74. The van der Waals surface area contributed by atoms with Gasteiger partial charge in [0, 0.05) is 3.57 Å². The molecule has 0 aliphatic carbocycles. The first kappa shape index (κ1) is 18.4. The van der Waals surface area contributed by atoms with Crippen LogP contribution in [0.5, 0.6) is 5.75 Å². The second-order valence-corrected chi connectivity index (χ2v) is 7.46. The van der Waals surface area contributed by atoms with Crippen LogP contribution in [0.25, 0.3) is 28.7 Å². The smallest absolute Gasteiger partial charge is 0.266 e. The first-order valence-electron chi connectivity index (χ1n) is 8.75. The lowest BCUT2D eigenvalue weighted by atomic mass is 10.2. The third-order valence-electron chi connectivity index (χ3n) is 4.41. The summed E-state index contributed by atoms with van der Waals surface area (Å²) in [5, 5.41) is 0.609. The second kappa shape index (κ2) is 7.98. The summed E-state index contributed by atoms with van der Waals surface area (Å²) in [6.07, 6.45) is 3.81. The summed E-state index contributed by atoms with van der Waals surface area (Å²) in [6, 6.07) is 23.0. The molecule has 0 spiro atoms. The summed E-state index contributed by atoms with van der Waals surface area (Å²) in [7, 11) is 1.64. The molecule has 5 heteroatoms. The van der Waals surface area contributed by atoms with Crippen LogP contribution in [-0.2, 0) is 0 Å². The van der Waals surface area contributed by atoms with Crippen molar-refractivity contribution >= 4 is 45.6 Å². The minimum atomic E-state index is -0.0795. The zero-order chi connectivity index (χ0) is 19.5. The Kier molecular flexibility index (Phi) is 5.25. The molecular formula is C23H17IN2O2. The number of ether oxygens (including phenoxy) is 1. The van der Waals surface area contributed by atoms with Gasteiger partial charge >= 0.3 is 0 Å². The maximum absolute atomic E-state index is 13.3. The molecule has 0 N–H and O–H groups in total. The van der Waals surface area contributed by atoms with E-state index in [2.05, 4.69) is 22.6 Å². The van der Waals surface area contributed by atoms with Gasteiger partial charge in [0.25, 0.3) is 5.56 Å². The Morgan fingerprint density at radius 1 is 0.964 bits per heavy atom. The Hall–Kier alpha value is -2.93. The Labute approximate surface area is 176 Å². The number of rotatable bonds is 4. The molecule has 0 aliphatic rings. The number of halogens is 1. The summed E-state index contributed by atoms with van der Waals surface area (Å²) in [5.41, 5.74) is 2.39. The molecule has 1 heterocycles. The molecule has 0 saturated heterocycles. The van der Waals surface area contributed by atoms with Gasteiger partial charge in [-0.2, -0.15) is 0 Å². The van der Waals surface area contributed by atoms with Crippen LogP contribution < -0.4 is 10.3 Å². The van der Waals surface area contributed by atoms with Crippen LogP contribution in [0.1, 0.15) is 11.4 Å². The molecule has 138 valence electrons. The van der Waals surface area contributed by atoms with Crippen molar-refractivity contribution in [3.63, 3.8) is 0 Å². The maximum atomic E-state index is 13.3. The Morgan fingerprint density at radius 3 is 2.43 bits per heavy atom. The van der Waals surface area contributed by atoms with Crippen LogP contribution in [0.3, 0.4) is 0 Å². The van der Waals surface area contributed by atoms with E-state index in [9.17, 15) is 4.79 Å². The zero-order valence-corrected chi connectivity index (χ0v) is 17.3. The van der Waals surface area contributed by atoms with Gasteiger partial charge in [-0.25, -0.2) is 4.98 Å². The fourth-order valence-corrected chi connectivity index (χ4v) is 3.49. The molecule has 4 nitrogen and oxygen atoms in total. The fraction of sp³-hybridized carbons (Fsp3) is 0.0435. The lowest BCUT2D eigenvalue weighted by Crippen LogP contribution is -2.22. The van der Waals surface area contributed by atoms with Crippen molar-refractivity contribution in [1.29, 1.82) is 0 Å². The number of fused-ring (bicyclic) bond motifs is 1. The molecule has 0 fully saturated rings. The maximum Gasteiger partial charge on any atom is 0.266 e. The monoisotopic (exact) mass is 480 g/mol. The van der Waals surface area contributed by atoms with Crippen molar-refractivity contribution in [2.24, 2.45) is 0 Å². The van der Waals surface area contributed by atoms with E-state index in [0.717, 1.165) is 20.6 Å². The lowest BCUT2D eigenvalue weighted by molar-refractivity contribution is 0.415. The normalized spacial score (nSPS) is 11.2. The van der Waals surface area contributed by atoms with E-state index in [4.69, 9.17) is 9.72 Å². The Balaban J connectivity index is 1.89. The largest absolute Gasteiger partial charge is 0.497 e. The van der Waals surface area contributed by atoms with Crippen molar-refractivity contribution in [3.8, 4) is 11.4 Å². The highest BCUT2D eigenvalue weighted by Gasteiger charge is 2.11. The summed E-state index contributed by atoms with van der Waals surface area (Å²) in [6.45, 7) is 0. The predicted molar refractivity (Wildman–Crippen MR) is 122 cm³/mol. The van der Waals surface area contributed by atoms with Crippen molar-refractivity contribution in [2.45, 2.75) is 0 Å². The molecule has 28 heavy (non-hydrogen) atoms. The van der Waals surface area contributed by atoms with Gasteiger partial charge in [-0.05, 0) is 76.7 Å². The number of benzene rings is 3. The van der Waals surface area contributed by atoms with Crippen molar-refractivity contribution < 1.29 is 4.74 Å². The molecule has 4 aromatic rings. The Bertz CT molecular complexity index is 1210. The summed E-state index contributed by atoms with van der Waals surface area (Å²) in [4.78, 5) is 18.0. The molecule has 0 amide bonds. The average molecular weight is 480 g/mol. The molecule has 3 aromatic carbocycles. The summed E-state index contributed by atoms with van der Waals surface area (Å²) >= 11 is 2.21. The van der Waals surface area contributed by atoms with Crippen LogP contribution in [0.15, 0.2) is 77.6 Å². The molecule has 0 saturated carbocycles. The van der Waals surface area contributed by atoms with Crippen LogP contribution in [-0.4, -0.2) is 16.7 Å². The SMILES string of the molecule is COc1ccc(C=Cc2nc3ccc(I)cc3c(=O)n2-c2ccccc2)cc1. The minimum absolute atomic E-state index is 0.0795. The standard InChI is InChI=1S/C23H17IN2O2/c1-28-19-11-7-16(8-12-19)9-14-22-25-21-13-10-17(24)15-20(21)23(27)26(22)18-5-3-2-4-6-18/h2-15H,1H3. The fourth-order valence-electron chi connectivity index (χ4n) is 3.00. The van der Waals surface area contributed by atoms with Gasteiger partial charge in [0.2, 0.25) is 0 Å². The third kappa shape index (κ3) is 3.71. The number of aromatic nitrogens is 2. The van der Waals surface area contributed by atoms with Crippen molar-refractivity contribution in [2.75, 3.05) is 7.11 Å². The van der Waals surface area contributed by atoms with E-state index >= 15 is 0 Å². The number of hydrogen-bond donors (Lipinski definition) is 0. The number of para-hydroxylation sites is 1. The third-order valence-corrected chi connectivity index (χ3v) is 5.08. The van der Waals surface area contributed by atoms with Crippen LogP contribution in [0.2, 0.25) is 0 Å². The Morgan fingerprint density at radius 2 is 1.71 bits per heavy atom. The van der Waals surface area contributed by atoms with Crippen LogP contribution in [0.4, 0.5) is 0 Å². The van der Waals surface area contributed by atoms with Gasteiger partial charge in [0.05, 0.1) is 23.7 Å². The van der Waals surface area contributed by atoms with Crippen LogP contribution in [0, 0.1) is 3.57 Å². The molecule has 0 radical (unpaired) electrons. The van der Waals surface area contributed by atoms with E-state index in [1.54, 1.807) is 11.7 Å². The van der Waals surface area contributed by atoms with E-state index in [1.807, 2.05) is 84.9 Å². The summed E-state index contributed by atoms with van der Waals surface area (Å²) in [5.74, 6) is 1.39. The van der Waals surface area contributed by atoms with Gasteiger partial charge in [0.1, 0.15) is 11.6 Å². The molecular weight excluding hydrogens is 463 g/mol. The van der Waals surface area contributed by atoms with E-state index in [1.165, 1.54) is 0 Å². The molecule has 0 atom stereocenters. The first-order chi connectivity index (χ1) is 13.7. The highest BCUT2D eigenvalue weighted by atomic mass is 127. The van der Waals surface area contributed by atoms with Gasteiger partial charge in [-0.1, -0.05) is 36.4 Å². The van der Waals surface area contributed by atoms with Gasteiger partial charge in [-0.15, -0.1) is 0 Å². The predicted octanol–water partition coefficient (Wildman–Crippen LogP) is 5.17. The highest BCUT2D eigenvalue weighted by molar-refractivity contribution is 14.1. The van der Waals surface area contributed by atoms with E-state index < -0.39 is 0 Å². The molecule has 1 aromatic heterocycles. The first-order valence-corrected chi connectivity index (χ1v) is 9.83. The van der Waals surface area contributed by atoms with Gasteiger partial charge in [0.15, 0.2) is 0 Å². The van der Waals surface area contributed by atoms with Gasteiger partial charge in [-0.3, -0.25) is 9.36 Å². The number of methoxy groups -OCH3 is 1. The molecule has 0 aliphatic heterocycles. The minimum Gasteiger partial charge on any atom is -0.497 e. The lowest BCUT2D eigenvalue weighted by Gasteiger charge is -2.11. The summed E-state index contributed by atoms with van der Waals surface area (Å²) < 4.78 is 7.86. The quantitative estimate of drug-likeness (QED) is 0.379. The number of nitrogens with zero attached hydrogens (tertiary/aromatic N) is 2.